The third-order valence-electron chi connectivity index (χ3n) is 6.51. The van der Waals surface area contributed by atoms with Gasteiger partial charge in [0.25, 0.3) is 5.56 Å². The van der Waals surface area contributed by atoms with E-state index in [4.69, 9.17) is 4.98 Å². The van der Waals surface area contributed by atoms with Crippen molar-refractivity contribution in [3.8, 4) is 5.69 Å². The fourth-order valence-corrected chi connectivity index (χ4v) is 4.67. The molecule has 0 N–H and O–H groups in total. The molecule has 182 valence electrons. The number of hydrogen-bond donors (Lipinski definition) is 0. The second kappa shape index (κ2) is 10.9. The lowest BCUT2D eigenvalue weighted by atomic mass is 10.1. The number of fused-ring (bicyclic) bond motifs is 2. The summed E-state index contributed by atoms with van der Waals surface area (Å²) in [6.45, 7) is 8.98. The molecule has 1 amide bonds. The number of rotatable bonds is 9. The summed E-state index contributed by atoms with van der Waals surface area (Å²) in [5.41, 5.74) is 1.30. The van der Waals surface area contributed by atoms with Crippen molar-refractivity contribution >= 4 is 27.6 Å². The van der Waals surface area contributed by atoms with Crippen LogP contribution in [-0.4, -0.2) is 26.9 Å². The summed E-state index contributed by atoms with van der Waals surface area (Å²) in [6.07, 6.45) is 3.49. The van der Waals surface area contributed by atoms with Gasteiger partial charge >= 0.3 is 0 Å². The lowest BCUT2D eigenvalue weighted by Gasteiger charge is -2.32. The lowest BCUT2D eigenvalue weighted by molar-refractivity contribution is -0.134. The largest absolute Gasteiger partial charge is 0.333 e. The van der Waals surface area contributed by atoms with Crippen molar-refractivity contribution in [2.75, 3.05) is 6.54 Å². The van der Waals surface area contributed by atoms with Gasteiger partial charge in [-0.3, -0.25) is 14.2 Å². The van der Waals surface area contributed by atoms with Gasteiger partial charge in [0.2, 0.25) is 5.91 Å². The van der Waals surface area contributed by atoms with Crippen LogP contribution in [0.2, 0.25) is 0 Å². The average Bonchev–Trinajstić information content (AvgIpc) is 2.86. The number of amides is 1. The van der Waals surface area contributed by atoms with Gasteiger partial charge in [-0.25, -0.2) is 4.98 Å². The van der Waals surface area contributed by atoms with Gasteiger partial charge in [-0.1, -0.05) is 76.1 Å². The summed E-state index contributed by atoms with van der Waals surface area (Å²) in [6, 6.07) is 21.2. The Balaban J connectivity index is 1.88. The van der Waals surface area contributed by atoms with Crippen LogP contribution >= 0.6 is 0 Å². The molecule has 0 saturated heterocycles. The maximum Gasteiger partial charge on any atom is 0.266 e. The molecule has 4 rings (SSSR count). The predicted molar refractivity (Wildman–Crippen MR) is 144 cm³/mol. The molecule has 0 aliphatic carbocycles. The molecule has 35 heavy (non-hydrogen) atoms. The molecule has 0 bridgehead atoms. The van der Waals surface area contributed by atoms with Gasteiger partial charge in [-0.2, -0.15) is 0 Å². The number of nitrogens with zero attached hydrogens (tertiary/aromatic N) is 3. The number of hydrogen-bond acceptors (Lipinski definition) is 3. The van der Waals surface area contributed by atoms with Crippen LogP contribution in [0.3, 0.4) is 0 Å². The molecule has 5 heteroatoms. The molecule has 0 spiro atoms. The molecule has 1 heterocycles. The average molecular weight is 470 g/mol. The number of carbonyl (C=O) groups excluding carboxylic acids is 1. The maximum absolute atomic E-state index is 13.8. The van der Waals surface area contributed by atoms with Crippen molar-refractivity contribution in [1.82, 2.24) is 14.5 Å². The first-order valence-electron chi connectivity index (χ1n) is 12.7. The summed E-state index contributed by atoms with van der Waals surface area (Å²) < 4.78 is 1.70. The van der Waals surface area contributed by atoms with Crippen molar-refractivity contribution in [1.29, 1.82) is 0 Å². The minimum Gasteiger partial charge on any atom is -0.333 e. The van der Waals surface area contributed by atoms with Crippen LogP contribution in [0.5, 0.6) is 0 Å². The zero-order valence-electron chi connectivity index (χ0n) is 21.2. The van der Waals surface area contributed by atoms with Crippen molar-refractivity contribution in [2.45, 2.75) is 59.4 Å². The number of aromatic nitrogens is 2. The summed E-state index contributed by atoms with van der Waals surface area (Å²) >= 11 is 0. The number of para-hydroxylation sites is 1. The van der Waals surface area contributed by atoms with E-state index >= 15 is 0 Å². The summed E-state index contributed by atoms with van der Waals surface area (Å²) in [4.78, 5) is 34.1. The van der Waals surface area contributed by atoms with Crippen LogP contribution in [0.25, 0.3) is 27.4 Å². The van der Waals surface area contributed by atoms with Gasteiger partial charge in [0.05, 0.1) is 22.6 Å². The van der Waals surface area contributed by atoms with E-state index in [1.807, 2.05) is 72.5 Å². The SMILES string of the molecule is CCCCCC(=O)N(CC(C)C)C(C)c1nc2ccccc2c(=O)n1-c1ccc2ccccc2c1. The fourth-order valence-electron chi connectivity index (χ4n) is 4.67. The number of benzene rings is 3. The molecule has 0 fully saturated rings. The topological polar surface area (TPSA) is 55.2 Å². The first kappa shape index (κ1) is 24.6. The first-order chi connectivity index (χ1) is 16.9. The van der Waals surface area contributed by atoms with Gasteiger partial charge in [0.15, 0.2) is 0 Å². The molecule has 0 aliphatic heterocycles. The smallest absolute Gasteiger partial charge is 0.266 e. The standard InChI is InChI=1S/C30H35N3O2/c1-5-6-7-16-28(34)32(20-21(2)3)22(4)29-31-27-15-11-10-14-26(27)30(35)33(29)25-18-17-23-12-8-9-13-24(23)19-25/h8-15,17-19,21-22H,5-7,16,20H2,1-4H3. The predicted octanol–water partition coefficient (Wildman–Crippen LogP) is 6.66. The molecule has 3 aromatic carbocycles. The summed E-state index contributed by atoms with van der Waals surface area (Å²) in [7, 11) is 0. The third-order valence-corrected chi connectivity index (χ3v) is 6.51. The van der Waals surface area contributed by atoms with E-state index in [0.717, 1.165) is 35.7 Å². The Bertz CT molecular complexity index is 1390. The minimum absolute atomic E-state index is 0.115. The summed E-state index contributed by atoms with van der Waals surface area (Å²) in [5, 5.41) is 2.74. The molecule has 0 radical (unpaired) electrons. The van der Waals surface area contributed by atoms with Crippen molar-refractivity contribution in [3.05, 3.63) is 82.9 Å². The van der Waals surface area contributed by atoms with E-state index < -0.39 is 0 Å². The van der Waals surface area contributed by atoms with Crippen LogP contribution in [0.4, 0.5) is 0 Å². The lowest BCUT2D eigenvalue weighted by Crippen LogP contribution is -2.39. The summed E-state index contributed by atoms with van der Waals surface area (Å²) in [5.74, 6) is 1.01. The van der Waals surface area contributed by atoms with Crippen molar-refractivity contribution in [2.24, 2.45) is 5.92 Å². The molecule has 1 aromatic heterocycles. The highest BCUT2D eigenvalue weighted by atomic mass is 16.2. The number of carbonyl (C=O) groups is 1. The second-order valence-corrected chi connectivity index (χ2v) is 9.73. The van der Waals surface area contributed by atoms with E-state index in [1.165, 1.54) is 0 Å². The molecular weight excluding hydrogens is 434 g/mol. The highest BCUT2D eigenvalue weighted by Crippen LogP contribution is 2.26. The number of unbranched alkanes of at least 4 members (excludes halogenated alkanes) is 2. The monoisotopic (exact) mass is 469 g/mol. The van der Waals surface area contributed by atoms with E-state index in [2.05, 4.69) is 26.8 Å². The van der Waals surface area contributed by atoms with Gasteiger partial charge in [-0.05, 0) is 54.3 Å². The van der Waals surface area contributed by atoms with Crippen LogP contribution < -0.4 is 5.56 Å². The van der Waals surface area contributed by atoms with Gasteiger partial charge in [0.1, 0.15) is 5.82 Å². The van der Waals surface area contributed by atoms with Gasteiger partial charge < -0.3 is 4.90 Å². The second-order valence-electron chi connectivity index (χ2n) is 9.73. The molecule has 1 unspecified atom stereocenters. The van der Waals surface area contributed by atoms with E-state index in [-0.39, 0.29) is 17.5 Å². The van der Waals surface area contributed by atoms with Crippen LogP contribution in [0.1, 0.15) is 65.2 Å². The van der Waals surface area contributed by atoms with Crippen molar-refractivity contribution < 1.29 is 4.79 Å². The van der Waals surface area contributed by atoms with E-state index in [1.54, 1.807) is 4.57 Å². The molecule has 4 aromatic rings. The Morgan fingerprint density at radius 1 is 0.943 bits per heavy atom. The highest BCUT2D eigenvalue weighted by molar-refractivity contribution is 5.85. The van der Waals surface area contributed by atoms with E-state index in [9.17, 15) is 9.59 Å². The molecule has 5 nitrogen and oxygen atoms in total. The van der Waals surface area contributed by atoms with Gasteiger partial charge in [-0.15, -0.1) is 0 Å². The Hall–Kier alpha value is -3.47. The van der Waals surface area contributed by atoms with Gasteiger partial charge in [0, 0.05) is 13.0 Å². The Labute approximate surface area is 207 Å². The third kappa shape index (κ3) is 5.29. The van der Waals surface area contributed by atoms with Crippen LogP contribution in [0, 0.1) is 5.92 Å². The Morgan fingerprint density at radius 2 is 1.66 bits per heavy atom. The molecule has 0 saturated carbocycles. The molecular formula is C30H35N3O2. The van der Waals surface area contributed by atoms with E-state index in [0.29, 0.717) is 35.6 Å². The maximum atomic E-state index is 13.8. The normalized spacial score (nSPS) is 12.4. The zero-order chi connectivity index (χ0) is 24.9. The fraction of sp³-hybridized carbons (Fsp3) is 0.367. The minimum atomic E-state index is -0.352. The van der Waals surface area contributed by atoms with Crippen LogP contribution in [-0.2, 0) is 4.79 Å². The van der Waals surface area contributed by atoms with Crippen LogP contribution in [0.15, 0.2) is 71.5 Å². The quantitative estimate of drug-likeness (QED) is 0.257. The van der Waals surface area contributed by atoms with Crippen molar-refractivity contribution in [3.63, 3.8) is 0 Å². The zero-order valence-corrected chi connectivity index (χ0v) is 21.2. The Kier molecular flexibility index (Phi) is 7.64. The first-order valence-corrected chi connectivity index (χ1v) is 12.7. The Morgan fingerprint density at radius 3 is 2.40 bits per heavy atom. The molecule has 1 atom stereocenters. The molecule has 0 aliphatic rings. The highest BCUT2D eigenvalue weighted by Gasteiger charge is 2.27.